The molecule has 1 saturated carbocycles. The summed E-state index contributed by atoms with van der Waals surface area (Å²) in [6, 6.07) is -0.745. The van der Waals surface area contributed by atoms with Crippen molar-refractivity contribution in [3.63, 3.8) is 0 Å². The van der Waals surface area contributed by atoms with Gasteiger partial charge in [0.2, 0.25) is 5.91 Å². The number of carboxylic acids is 1. The molecule has 0 aromatic carbocycles. The van der Waals surface area contributed by atoms with Gasteiger partial charge in [-0.15, -0.1) is 0 Å². The zero-order valence-corrected chi connectivity index (χ0v) is 10.4. The fourth-order valence-electron chi connectivity index (χ4n) is 1.62. The number of carbonyl (C=O) groups is 2. The van der Waals surface area contributed by atoms with Crippen molar-refractivity contribution in [3.8, 4) is 0 Å². The van der Waals surface area contributed by atoms with Gasteiger partial charge in [0.1, 0.15) is 6.04 Å². The van der Waals surface area contributed by atoms with E-state index in [1.165, 1.54) is 12.8 Å². The smallest absolute Gasteiger partial charge is 0.326 e. The third kappa shape index (κ3) is 6.26. The minimum absolute atomic E-state index is 0.215. The Morgan fingerprint density at radius 2 is 2.12 bits per heavy atom. The summed E-state index contributed by atoms with van der Waals surface area (Å²) in [5.41, 5.74) is 0. The number of aliphatic carboxylic acids is 1. The summed E-state index contributed by atoms with van der Waals surface area (Å²) in [7, 11) is 0. The van der Waals surface area contributed by atoms with E-state index in [-0.39, 0.29) is 12.5 Å². The molecule has 1 rings (SSSR count). The molecule has 0 aliphatic heterocycles. The Hall–Kier alpha value is -1.10. The average Bonchev–Trinajstić information content (AvgIpc) is 3.07. The van der Waals surface area contributed by atoms with Crippen LogP contribution in [0.5, 0.6) is 0 Å². The monoisotopic (exact) mass is 242 g/mol. The second-order valence-corrected chi connectivity index (χ2v) is 4.67. The van der Waals surface area contributed by atoms with E-state index in [2.05, 4.69) is 10.6 Å². The highest BCUT2D eigenvalue weighted by atomic mass is 16.4. The minimum Gasteiger partial charge on any atom is -0.480 e. The molecular weight excluding hydrogens is 220 g/mol. The molecule has 1 amide bonds. The highest BCUT2D eigenvalue weighted by molar-refractivity contribution is 5.84. The summed E-state index contributed by atoms with van der Waals surface area (Å²) < 4.78 is 0. The molecule has 5 heteroatoms. The van der Waals surface area contributed by atoms with Crippen molar-refractivity contribution >= 4 is 11.9 Å². The van der Waals surface area contributed by atoms with Crippen molar-refractivity contribution in [2.45, 2.75) is 45.1 Å². The molecule has 5 nitrogen and oxygen atoms in total. The number of carbonyl (C=O) groups excluding carboxylic acids is 1. The molecule has 0 aromatic rings. The number of amides is 1. The van der Waals surface area contributed by atoms with Crippen LogP contribution in [0.2, 0.25) is 0 Å². The zero-order valence-electron chi connectivity index (χ0n) is 10.4. The van der Waals surface area contributed by atoms with E-state index in [1.807, 2.05) is 6.92 Å². The third-order valence-electron chi connectivity index (χ3n) is 2.90. The van der Waals surface area contributed by atoms with E-state index in [4.69, 9.17) is 5.11 Å². The first kappa shape index (κ1) is 14.0. The van der Waals surface area contributed by atoms with E-state index in [1.54, 1.807) is 0 Å². The summed E-state index contributed by atoms with van der Waals surface area (Å²) in [6.45, 7) is 3.07. The van der Waals surface area contributed by atoms with E-state index >= 15 is 0 Å². The molecule has 0 saturated heterocycles. The van der Waals surface area contributed by atoms with Gasteiger partial charge in [-0.2, -0.15) is 0 Å². The van der Waals surface area contributed by atoms with Gasteiger partial charge in [0.25, 0.3) is 0 Å². The maximum atomic E-state index is 11.5. The van der Waals surface area contributed by atoms with Gasteiger partial charge >= 0.3 is 5.97 Å². The van der Waals surface area contributed by atoms with Gasteiger partial charge in [0.05, 0.1) is 6.54 Å². The number of hydrogen-bond donors (Lipinski definition) is 3. The lowest BCUT2D eigenvalue weighted by Crippen LogP contribution is -2.44. The molecule has 0 unspecified atom stereocenters. The maximum absolute atomic E-state index is 11.5. The molecule has 98 valence electrons. The van der Waals surface area contributed by atoms with Gasteiger partial charge < -0.3 is 15.7 Å². The Kier molecular flexibility index (Phi) is 5.97. The Morgan fingerprint density at radius 3 is 2.65 bits per heavy atom. The van der Waals surface area contributed by atoms with Crippen LogP contribution in [-0.2, 0) is 9.59 Å². The molecule has 1 atom stereocenters. The van der Waals surface area contributed by atoms with Crippen LogP contribution in [0, 0.1) is 5.92 Å². The van der Waals surface area contributed by atoms with Gasteiger partial charge in [-0.1, -0.05) is 19.8 Å². The minimum atomic E-state index is -0.950. The molecule has 3 N–H and O–H groups in total. The van der Waals surface area contributed by atoms with Crippen molar-refractivity contribution in [1.82, 2.24) is 10.6 Å². The molecule has 1 aliphatic rings. The fraction of sp³-hybridized carbons (Fsp3) is 0.833. The summed E-state index contributed by atoms with van der Waals surface area (Å²) in [6.07, 6.45) is 4.72. The maximum Gasteiger partial charge on any atom is 0.326 e. The van der Waals surface area contributed by atoms with Crippen LogP contribution < -0.4 is 10.6 Å². The van der Waals surface area contributed by atoms with Crippen molar-refractivity contribution in [2.75, 3.05) is 13.1 Å². The zero-order chi connectivity index (χ0) is 12.7. The lowest BCUT2D eigenvalue weighted by atomic mass is 10.1. The van der Waals surface area contributed by atoms with Gasteiger partial charge in [-0.25, -0.2) is 4.79 Å². The van der Waals surface area contributed by atoms with Crippen LogP contribution in [0.1, 0.15) is 39.0 Å². The summed E-state index contributed by atoms with van der Waals surface area (Å²) >= 11 is 0. The van der Waals surface area contributed by atoms with Crippen molar-refractivity contribution in [1.29, 1.82) is 0 Å². The number of hydrogen-bond acceptors (Lipinski definition) is 3. The SMILES string of the molecule is CCCC[C@H](NC(=O)CNCC1CC1)C(=O)O. The summed E-state index contributed by atoms with van der Waals surface area (Å²) in [4.78, 5) is 22.4. The molecule has 0 aromatic heterocycles. The number of unbranched alkanes of at least 4 members (excludes halogenated alkanes) is 1. The fourth-order valence-corrected chi connectivity index (χ4v) is 1.62. The molecule has 0 bridgehead atoms. The lowest BCUT2D eigenvalue weighted by Gasteiger charge is -2.14. The highest BCUT2D eigenvalue weighted by Crippen LogP contribution is 2.27. The topological polar surface area (TPSA) is 78.4 Å². The molecule has 0 heterocycles. The van der Waals surface area contributed by atoms with Gasteiger partial charge in [-0.05, 0) is 31.7 Å². The van der Waals surface area contributed by atoms with E-state index in [0.29, 0.717) is 6.42 Å². The first-order valence-corrected chi connectivity index (χ1v) is 6.36. The quantitative estimate of drug-likeness (QED) is 0.557. The first-order chi connectivity index (χ1) is 8.13. The van der Waals surface area contributed by atoms with Gasteiger partial charge in [0.15, 0.2) is 0 Å². The molecular formula is C12H22N2O3. The number of rotatable bonds is 9. The largest absolute Gasteiger partial charge is 0.480 e. The van der Waals surface area contributed by atoms with E-state index < -0.39 is 12.0 Å². The van der Waals surface area contributed by atoms with E-state index in [0.717, 1.165) is 25.3 Å². The first-order valence-electron chi connectivity index (χ1n) is 6.36. The molecule has 17 heavy (non-hydrogen) atoms. The lowest BCUT2D eigenvalue weighted by molar-refractivity contribution is -0.141. The van der Waals surface area contributed by atoms with Crippen LogP contribution in [0.15, 0.2) is 0 Å². The van der Waals surface area contributed by atoms with Gasteiger partial charge in [0, 0.05) is 0 Å². The summed E-state index contributed by atoms with van der Waals surface area (Å²) in [5, 5.41) is 14.5. The number of nitrogens with one attached hydrogen (secondary N) is 2. The normalized spacial score (nSPS) is 16.5. The van der Waals surface area contributed by atoms with Gasteiger partial charge in [-0.3, -0.25) is 4.79 Å². The van der Waals surface area contributed by atoms with Crippen LogP contribution in [0.25, 0.3) is 0 Å². The van der Waals surface area contributed by atoms with Crippen LogP contribution in [-0.4, -0.2) is 36.1 Å². The van der Waals surface area contributed by atoms with Crippen molar-refractivity contribution in [3.05, 3.63) is 0 Å². The Balaban J connectivity index is 2.16. The molecule has 0 spiro atoms. The molecule has 0 radical (unpaired) electrons. The third-order valence-corrected chi connectivity index (χ3v) is 2.90. The second kappa shape index (κ2) is 7.27. The molecule has 1 aliphatic carbocycles. The van der Waals surface area contributed by atoms with Crippen LogP contribution in [0.4, 0.5) is 0 Å². The van der Waals surface area contributed by atoms with Crippen LogP contribution in [0.3, 0.4) is 0 Å². The standard InChI is InChI=1S/C12H22N2O3/c1-2-3-4-10(12(16)17)14-11(15)8-13-7-9-5-6-9/h9-10,13H,2-8H2,1H3,(H,14,15)(H,16,17)/t10-/m0/s1. The Bertz CT molecular complexity index is 264. The average molecular weight is 242 g/mol. The van der Waals surface area contributed by atoms with Crippen molar-refractivity contribution in [2.24, 2.45) is 5.92 Å². The predicted molar refractivity (Wildman–Crippen MR) is 64.7 cm³/mol. The summed E-state index contributed by atoms with van der Waals surface area (Å²) in [5.74, 6) is -0.457. The predicted octanol–water partition coefficient (Wildman–Crippen LogP) is 0.746. The molecule has 1 fully saturated rings. The van der Waals surface area contributed by atoms with Crippen LogP contribution >= 0.6 is 0 Å². The Morgan fingerprint density at radius 1 is 1.41 bits per heavy atom. The Labute approximate surface area is 102 Å². The highest BCUT2D eigenvalue weighted by Gasteiger charge is 2.22. The van der Waals surface area contributed by atoms with Crippen molar-refractivity contribution < 1.29 is 14.7 Å². The second-order valence-electron chi connectivity index (χ2n) is 4.67. The number of carboxylic acid groups (broad SMARTS) is 1. The van der Waals surface area contributed by atoms with E-state index in [9.17, 15) is 9.59 Å².